The minimum absolute atomic E-state index is 0.721. The average Bonchev–Trinajstić information content (AvgIpc) is 2.19. The van der Waals surface area contributed by atoms with Gasteiger partial charge in [-0.3, -0.25) is 0 Å². The first-order valence-electron chi connectivity index (χ1n) is 4.93. The van der Waals surface area contributed by atoms with Crippen LogP contribution in [0.5, 0.6) is 5.75 Å². The number of hydrogen-bond acceptors (Lipinski definition) is 3. The molecule has 1 rings (SSSR count). The zero-order chi connectivity index (χ0) is 10.4. The SMILES string of the molecule is CCCOc1cc(SCC)ccc1N. The normalized spacial score (nSPS) is 10.1. The van der Waals surface area contributed by atoms with Crippen molar-refractivity contribution in [1.82, 2.24) is 0 Å². The van der Waals surface area contributed by atoms with Gasteiger partial charge in [0.15, 0.2) is 0 Å². The summed E-state index contributed by atoms with van der Waals surface area (Å²) in [6, 6.07) is 5.95. The molecule has 0 radical (unpaired) electrons. The number of hydrogen-bond donors (Lipinski definition) is 1. The van der Waals surface area contributed by atoms with Gasteiger partial charge in [0, 0.05) is 4.90 Å². The second-order valence-electron chi connectivity index (χ2n) is 2.98. The lowest BCUT2D eigenvalue weighted by atomic mass is 10.3. The molecule has 78 valence electrons. The highest BCUT2D eigenvalue weighted by atomic mass is 32.2. The van der Waals surface area contributed by atoms with Crippen LogP contribution in [0.2, 0.25) is 0 Å². The standard InChI is InChI=1S/C11H17NOS/c1-3-7-13-11-8-9(14-4-2)5-6-10(11)12/h5-6,8H,3-4,7,12H2,1-2H3. The monoisotopic (exact) mass is 211 g/mol. The van der Waals surface area contributed by atoms with Gasteiger partial charge in [-0.15, -0.1) is 11.8 Å². The molecule has 0 amide bonds. The lowest BCUT2D eigenvalue weighted by molar-refractivity contribution is 0.318. The first kappa shape index (κ1) is 11.2. The average molecular weight is 211 g/mol. The minimum atomic E-state index is 0.721. The van der Waals surface area contributed by atoms with E-state index < -0.39 is 0 Å². The molecule has 0 spiro atoms. The predicted molar refractivity (Wildman–Crippen MR) is 63.0 cm³/mol. The van der Waals surface area contributed by atoms with Crippen LogP contribution in [0.4, 0.5) is 5.69 Å². The van der Waals surface area contributed by atoms with Gasteiger partial charge in [0.25, 0.3) is 0 Å². The lowest BCUT2D eigenvalue weighted by Crippen LogP contribution is -1.98. The smallest absolute Gasteiger partial charge is 0.143 e. The number of rotatable bonds is 5. The summed E-state index contributed by atoms with van der Waals surface area (Å²) in [5.41, 5.74) is 6.51. The maximum absolute atomic E-state index is 5.79. The second-order valence-corrected chi connectivity index (χ2v) is 4.32. The van der Waals surface area contributed by atoms with E-state index in [2.05, 4.69) is 13.8 Å². The van der Waals surface area contributed by atoms with Crippen molar-refractivity contribution in [2.75, 3.05) is 18.1 Å². The van der Waals surface area contributed by atoms with Gasteiger partial charge >= 0.3 is 0 Å². The Labute approximate surface area is 89.8 Å². The molecule has 0 aliphatic carbocycles. The number of nitrogen functional groups attached to an aromatic ring is 1. The molecule has 0 heterocycles. The van der Waals surface area contributed by atoms with Gasteiger partial charge in [-0.1, -0.05) is 13.8 Å². The highest BCUT2D eigenvalue weighted by Gasteiger charge is 2.01. The van der Waals surface area contributed by atoms with Crippen molar-refractivity contribution in [1.29, 1.82) is 0 Å². The Kier molecular flexibility index (Phi) is 4.66. The molecule has 0 aromatic heterocycles. The summed E-state index contributed by atoms with van der Waals surface area (Å²) >= 11 is 1.80. The molecule has 0 fully saturated rings. The van der Waals surface area contributed by atoms with E-state index in [1.165, 1.54) is 4.90 Å². The summed E-state index contributed by atoms with van der Waals surface area (Å²) in [6.07, 6.45) is 1.00. The number of anilines is 1. The summed E-state index contributed by atoms with van der Waals surface area (Å²) < 4.78 is 5.53. The van der Waals surface area contributed by atoms with Gasteiger partial charge in [0.1, 0.15) is 5.75 Å². The third-order valence-corrected chi connectivity index (χ3v) is 2.63. The summed E-state index contributed by atoms with van der Waals surface area (Å²) in [7, 11) is 0. The Morgan fingerprint density at radius 2 is 2.14 bits per heavy atom. The Hall–Kier alpha value is -0.830. The zero-order valence-electron chi connectivity index (χ0n) is 8.75. The molecule has 1 aromatic rings. The summed E-state index contributed by atoms with van der Waals surface area (Å²) in [5, 5.41) is 0. The molecule has 0 aliphatic rings. The van der Waals surface area contributed by atoms with E-state index >= 15 is 0 Å². The Balaban J connectivity index is 2.74. The van der Waals surface area contributed by atoms with Crippen molar-refractivity contribution in [3.05, 3.63) is 18.2 Å². The van der Waals surface area contributed by atoms with E-state index in [9.17, 15) is 0 Å². The van der Waals surface area contributed by atoms with Gasteiger partial charge in [0.05, 0.1) is 12.3 Å². The Bertz CT molecular complexity index is 289. The van der Waals surface area contributed by atoms with Crippen LogP contribution in [0, 0.1) is 0 Å². The van der Waals surface area contributed by atoms with Crippen LogP contribution in [-0.2, 0) is 0 Å². The van der Waals surface area contributed by atoms with Crippen LogP contribution in [0.25, 0.3) is 0 Å². The van der Waals surface area contributed by atoms with Crippen molar-refractivity contribution < 1.29 is 4.74 Å². The van der Waals surface area contributed by atoms with Crippen LogP contribution in [0.15, 0.2) is 23.1 Å². The minimum Gasteiger partial charge on any atom is -0.491 e. The molecule has 1 aromatic carbocycles. The molecular formula is C11H17NOS. The maximum atomic E-state index is 5.79. The number of benzene rings is 1. The third-order valence-electron chi connectivity index (χ3n) is 1.76. The summed E-state index contributed by atoms with van der Waals surface area (Å²) in [4.78, 5) is 1.22. The maximum Gasteiger partial charge on any atom is 0.143 e. The van der Waals surface area contributed by atoms with Crippen LogP contribution in [-0.4, -0.2) is 12.4 Å². The largest absolute Gasteiger partial charge is 0.491 e. The summed E-state index contributed by atoms with van der Waals surface area (Å²) in [5.74, 6) is 1.88. The molecule has 0 saturated heterocycles. The fourth-order valence-corrected chi connectivity index (χ4v) is 1.80. The van der Waals surface area contributed by atoms with Gasteiger partial charge in [-0.25, -0.2) is 0 Å². The van der Waals surface area contributed by atoms with Crippen LogP contribution in [0.3, 0.4) is 0 Å². The van der Waals surface area contributed by atoms with E-state index in [0.717, 1.165) is 30.2 Å². The molecular weight excluding hydrogens is 194 g/mol. The number of nitrogens with two attached hydrogens (primary N) is 1. The van der Waals surface area contributed by atoms with Crippen LogP contribution >= 0.6 is 11.8 Å². The van der Waals surface area contributed by atoms with E-state index in [4.69, 9.17) is 10.5 Å². The van der Waals surface area contributed by atoms with Crippen LogP contribution < -0.4 is 10.5 Å². The molecule has 2 N–H and O–H groups in total. The van der Waals surface area contributed by atoms with Crippen molar-refractivity contribution >= 4 is 17.4 Å². The first-order chi connectivity index (χ1) is 6.77. The Morgan fingerprint density at radius 3 is 2.79 bits per heavy atom. The van der Waals surface area contributed by atoms with Gasteiger partial charge in [-0.2, -0.15) is 0 Å². The molecule has 0 saturated carbocycles. The van der Waals surface area contributed by atoms with Crippen molar-refractivity contribution in [2.24, 2.45) is 0 Å². The van der Waals surface area contributed by atoms with E-state index in [1.54, 1.807) is 11.8 Å². The fourth-order valence-electron chi connectivity index (χ4n) is 1.11. The molecule has 2 nitrogen and oxygen atoms in total. The van der Waals surface area contributed by atoms with Gasteiger partial charge in [-0.05, 0) is 30.4 Å². The summed E-state index contributed by atoms with van der Waals surface area (Å²) in [6.45, 7) is 4.94. The first-order valence-corrected chi connectivity index (χ1v) is 5.91. The van der Waals surface area contributed by atoms with Gasteiger partial charge < -0.3 is 10.5 Å². The topological polar surface area (TPSA) is 35.2 Å². The highest BCUT2D eigenvalue weighted by Crippen LogP contribution is 2.28. The fraction of sp³-hybridized carbons (Fsp3) is 0.455. The van der Waals surface area contributed by atoms with Crippen LogP contribution in [0.1, 0.15) is 20.3 Å². The second kappa shape index (κ2) is 5.81. The molecule has 3 heteroatoms. The number of thioether (sulfide) groups is 1. The lowest BCUT2D eigenvalue weighted by Gasteiger charge is -2.09. The molecule has 0 aliphatic heterocycles. The molecule has 0 unspecified atom stereocenters. The van der Waals surface area contributed by atoms with E-state index in [1.807, 2.05) is 18.2 Å². The highest BCUT2D eigenvalue weighted by molar-refractivity contribution is 7.99. The Morgan fingerprint density at radius 1 is 1.36 bits per heavy atom. The van der Waals surface area contributed by atoms with Crippen molar-refractivity contribution in [3.8, 4) is 5.75 Å². The third kappa shape index (κ3) is 3.14. The molecule has 0 atom stereocenters. The van der Waals surface area contributed by atoms with Gasteiger partial charge in [0.2, 0.25) is 0 Å². The molecule has 14 heavy (non-hydrogen) atoms. The van der Waals surface area contributed by atoms with Crippen molar-refractivity contribution in [3.63, 3.8) is 0 Å². The van der Waals surface area contributed by atoms with E-state index in [-0.39, 0.29) is 0 Å². The van der Waals surface area contributed by atoms with E-state index in [0.29, 0.717) is 0 Å². The zero-order valence-corrected chi connectivity index (χ0v) is 9.56. The quantitative estimate of drug-likeness (QED) is 0.600. The molecule has 0 bridgehead atoms. The number of ether oxygens (including phenoxy) is 1. The predicted octanol–water partition coefficient (Wildman–Crippen LogP) is 3.17. The van der Waals surface area contributed by atoms with Crippen molar-refractivity contribution in [2.45, 2.75) is 25.2 Å².